The molecule has 1 aromatic heterocycles. The lowest BCUT2D eigenvalue weighted by atomic mass is 10.1. The predicted octanol–water partition coefficient (Wildman–Crippen LogP) is 1.34. The van der Waals surface area contributed by atoms with Gasteiger partial charge in [0.2, 0.25) is 5.91 Å². The Balaban J connectivity index is 1.51. The number of fused-ring (bicyclic) bond motifs is 1. The topological polar surface area (TPSA) is 50.6 Å². The van der Waals surface area contributed by atoms with Gasteiger partial charge in [0.1, 0.15) is 6.17 Å². The van der Waals surface area contributed by atoms with E-state index in [1.54, 1.807) is 11.2 Å². The Labute approximate surface area is 146 Å². The minimum atomic E-state index is -0.950. The van der Waals surface area contributed by atoms with Crippen molar-refractivity contribution < 1.29 is 13.9 Å². The van der Waals surface area contributed by atoms with Gasteiger partial charge < -0.3 is 14.2 Å². The molecule has 2 saturated heterocycles. The lowest BCUT2D eigenvalue weighted by Gasteiger charge is -2.32. The molecule has 0 spiro atoms. The van der Waals surface area contributed by atoms with E-state index in [0.29, 0.717) is 39.4 Å². The molecule has 134 valence electrons. The summed E-state index contributed by atoms with van der Waals surface area (Å²) in [6, 6.07) is 5.70. The third-order valence-corrected chi connectivity index (χ3v) is 5.14. The molecule has 0 radical (unpaired) electrons. The van der Waals surface area contributed by atoms with E-state index in [9.17, 15) is 9.18 Å². The smallest absolute Gasteiger partial charge is 0.240 e. The molecule has 2 atom stereocenters. The van der Waals surface area contributed by atoms with Crippen molar-refractivity contribution in [2.24, 2.45) is 7.05 Å². The average Bonchev–Trinajstić information content (AvgIpc) is 3.18. The van der Waals surface area contributed by atoms with Gasteiger partial charge in [-0.15, -0.1) is 0 Å². The second kappa shape index (κ2) is 6.72. The molecule has 0 N–H and O–H groups in total. The van der Waals surface area contributed by atoms with Crippen LogP contribution in [0.5, 0.6) is 0 Å². The van der Waals surface area contributed by atoms with E-state index in [1.165, 1.54) is 0 Å². The molecule has 1 amide bonds. The van der Waals surface area contributed by atoms with Gasteiger partial charge in [0.05, 0.1) is 36.6 Å². The summed E-state index contributed by atoms with van der Waals surface area (Å²) in [6.07, 6.45) is 1.11. The molecule has 7 heteroatoms. The van der Waals surface area contributed by atoms with Crippen LogP contribution in [-0.2, 0) is 23.1 Å². The van der Waals surface area contributed by atoms with Gasteiger partial charge in [-0.25, -0.2) is 9.37 Å². The molecule has 1 aromatic carbocycles. The number of amides is 1. The largest absolute Gasteiger partial charge is 0.378 e. The molecule has 3 heterocycles. The van der Waals surface area contributed by atoms with Gasteiger partial charge in [0, 0.05) is 39.6 Å². The maximum atomic E-state index is 14.1. The second-order valence-corrected chi connectivity index (χ2v) is 6.89. The zero-order valence-corrected chi connectivity index (χ0v) is 14.4. The van der Waals surface area contributed by atoms with Crippen LogP contribution in [0.1, 0.15) is 12.0 Å². The summed E-state index contributed by atoms with van der Waals surface area (Å²) in [5.74, 6) is 0.0300. The fourth-order valence-corrected chi connectivity index (χ4v) is 3.79. The SMILES string of the molecule is Cn1cnc2cc(CN3C[C@H](F)C[C@H]3C(=O)N3CCOCC3)ccc21. The molecular weight excluding hydrogens is 323 g/mol. The van der Waals surface area contributed by atoms with Crippen molar-refractivity contribution in [2.75, 3.05) is 32.8 Å². The highest BCUT2D eigenvalue weighted by Gasteiger charge is 2.39. The maximum absolute atomic E-state index is 14.1. The zero-order valence-electron chi connectivity index (χ0n) is 14.4. The van der Waals surface area contributed by atoms with Crippen LogP contribution in [0.15, 0.2) is 24.5 Å². The number of likely N-dealkylation sites (tertiary alicyclic amines) is 1. The number of ether oxygens (including phenoxy) is 1. The van der Waals surface area contributed by atoms with Crippen molar-refractivity contribution in [3.8, 4) is 0 Å². The Morgan fingerprint density at radius 1 is 1.36 bits per heavy atom. The molecule has 0 bridgehead atoms. The summed E-state index contributed by atoms with van der Waals surface area (Å²) in [5.41, 5.74) is 3.04. The lowest BCUT2D eigenvalue weighted by Crippen LogP contribution is -2.49. The molecule has 0 unspecified atom stereocenters. The number of hydrogen-bond acceptors (Lipinski definition) is 4. The number of morpholine rings is 1. The van der Waals surface area contributed by atoms with Crippen molar-refractivity contribution in [3.05, 3.63) is 30.1 Å². The molecule has 0 saturated carbocycles. The Kier molecular flexibility index (Phi) is 4.43. The summed E-state index contributed by atoms with van der Waals surface area (Å²) in [7, 11) is 1.96. The Morgan fingerprint density at radius 2 is 2.16 bits per heavy atom. The number of rotatable bonds is 3. The van der Waals surface area contributed by atoms with E-state index >= 15 is 0 Å². The minimum absolute atomic E-state index is 0.0300. The van der Waals surface area contributed by atoms with Gasteiger partial charge in [-0.2, -0.15) is 0 Å². The van der Waals surface area contributed by atoms with Crippen LogP contribution in [0.25, 0.3) is 11.0 Å². The summed E-state index contributed by atoms with van der Waals surface area (Å²) in [5, 5.41) is 0. The van der Waals surface area contributed by atoms with E-state index in [4.69, 9.17) is 4.74 Å². The number of nitrogens with zero attached hydrogens (tertiary/aromatic N) is 4. The Morgan fingerprint density at radius 3 is 2.96 bits per heavy atom. The molecular formula is C18H23FN4O2. The first-order valence-corrected chi connectivity index (χ1v) is 8.76. The van der Waals surface area contributed by atoms with Crippen molar-refractivity contribution in [3.63, 3.8) is 0 Å². The number of aromatic nitrogens is 2. The van der Waals surface area contributed by atoms with Crippen LogP contribution >= 0.6 is 0 Å². The molecule has 0 aliphatic carbocycles. The van der Waals surface area contributed by atoms with Crippen molar-refractivity contribution in [1.82, 2.24) is 19.4 Å². The zero-order chi connectivity index (χ0) is 17.4. The molecule has 2 aromatic rings. The van der Waals surface area contributed by atoms with Crippen LogP contribution in [0.4, 0.5) is 4.39 Å². The molecule has 2 fully saturated rings. The molecule has 2 aliphatic rings. The number of aryl methyl sites for hydroxylation is 1. The van der Waals surface area contributed by atoms with Gasteiger partial charge >= 0.3 is 0 Å². The van der Waals surface area contributed by atoms with E-state index < -0.39 is 6.17 Å². The third-order valence-electron chi connectivity index (χ3n) is 5.14. The first kappa shape index (κ1) is 16.5. The molecule has 2 aliphatic heterocycles. The average molecular weight is 346 g/mol. The van der Waals surface area contributed by atoms with Crippen LogP contribution in [0.3, 0.4) is 0 Å². The number of hydrogen-bond donors (Lipinski definition) is 0. The van der Waals surface area contributed by atoms with Gasteiger partial charge in [-0.1, -0.05) is 6.07 Å². The van der Waals surface area contributed by atoms with Gasteiger partial charge in [-0.05, 0) is 17.7 Å². The van der Waals surface area contributed by atoms with Crippen molar-refractivity contribution >= 4 is 16.9 Å². The maximum Gasteiger partial charge on any atom is 0.240 e. The summed E-state index contributed by atoms with van der Waals surface area (Å²) >= 11 is 0. The van der Waals surface area contributed by atoms with Crippen LogP contribution in [-0.4, -0.2) is 70.3 Å². The number of halogens is 1. The molecule has 4 rings (SSSR count). The highest BCUT2D eigenvalue weighted by molar-refractivity contribution is 5.82. The molecule has 25 heavy (non-hydrogen) atoms. The van der Waals surface area contributed by atoms with Crippen LogP contribution in [0.2, 0.25) is 0 Å². The number of carbonyl (C=O) groups is 1. The summed E-state index contributed by atoms with van der Waals surface area (Å²) in [6.45, 7) is 3.19. The van der Waals surface area contributed by atoms with Crippen LogP contribution in [0, 0.1) is 0 Å². The fraction of sp³-hybridized carbons (Fsp3) is 0.556. The van der Waals surface area contributed by atoms with Gasteiger partial charge in [0.25, 0.3) is 0 Å². The Hall–Kier alpha value is -1.99. The fourth-order valence-electron chi connectivity index (χ4n) is 3.79. The third kappa shape index (κ3) is 3.26. The Bertz CT molecular complexity index is 772. The highest BCUT2D eigenvalue weighted by Crippen LogP contribution is 2.25. The van der Waals surface area contributed by atoms with E-state index in [2.05, 4.69) is 4.98 Å². The number of carbonyl (C=O) groups excluding carboxylic acids is 1. The number of imidazole rings is 1. The van der Waals surface area contributed by atoms with Crippen molar-refractivity contribution in [1.29, 1.82) is 0 Å². The van der Waals surface area contributed by atoms with E-state index in [0.717, 1.165) is 16.6 Å². The van der Waals surface area contributed by atoms with Crippen LogP contribution < -0.4 is 0 Å². The summed E-state index contributed by atoms with van der Waals surface area (Å²) < 4.78 is 21.3. The number of benzene rings is 1. The lowest BCUT2D eigenvalue weighted by molar-refractivity contribution is -0.140. The number of alkyl halides is 1. The quantitative estimate of drug-likeness (QED) is 0.842. The highest BCUT2D eigenvalue weighted by atomic mass is 19.1. The van der Waals surface area contributed by atoms with E-state index in [1.807, 2.05) is 34.7 Å². The first-order chi connectivity index (χ1) is 12.1. The summed E-state index contributed by atoms with van der Waals surface area (Å²) in [4.78, 5) is 21.0. The van der Waals surface area contributed by atoms with Gasteiger partial charge in [-0.3, -0.25) is 9.69 Å². The van der Waals surface area contributed by atoms with Crippen molar-refractivity contribution in [2.45, 2.75) is 25.2 Å². The van der Waals surface area contributed by atoms with E-state index in [-0.39, 0.29) is 18.4 Å². The normalized spacial score (nSPS) is 25.0. The minimum Gasteiger partial charge on any atom is -0.378 e. The predicted molar refractivity (Wildman–Crippen MR) is 91.8 cm³/mol. The standard InChI is InChI=1S/C18H23FN4O2/c1-21-12-20-15-8-13(2-3-16(15)21)10-23-11-14(19)9-17(23)18(24)22-4-6-25-7-5-22/h2-3,8,12,14,17H,4-7,9-11H2,1H3/t14-,17+/m1/s1. The monoisotopic (exact) mass is 346 g/mol. The molecule has 6 nitrogen and oxygen atoms in total. The van der Waals surface area contributed by atoms with Gasteiger partial charge in [0.15, 0.2) is 0 Å². The second-order valence-electron chi connectivity index (χ2n) is 6.89. The first-order valence-electron chi connectivity index (χ1n) is 8.76.